The van der Waals surface area contributed by atoms with E-state index in [1.807, 2.05) is 32.3 Å². The van der Waals surface area contributed by atoms with Crippen LogP contribution >= 0.6 is 35.3 Å². The van der Waals surface area contributed by atoms with Gasteiger partial charge in [-0.05, 0) is 43.3 Å². The van der Waals surface area contributed by atoms with Gasteiger partial charge in [0.15, 0.2) is 5.96 Å². The van der Waals surface area contributed by atoms with Gasteiger partial charge in [-0.3, -0.25) is 14.7 Å². The van der Waals surface area contributed by atoms with Gasteiger partial charge in [-0.15, -0.1) is 35.3 Å². The van der Waals surface area contributed by atoms with Crippen molar-refractivity contribution in [2.24, 2.45) is 4.99 Å². The molecule has 0 radical (unpaired) electrons. The van der Waals surface area contributed by atoms with Gasteiger partial charge < -0.3 is 20.6 Å². The van der Waals surface area contributed by atoms with Crippen LogP contribution in [0.5, 0.6) is 0 Å². The first-order valence-electron chi connectivity index (χ1n) is 10.6. The van der Waals surface area contributed by atoms with Crippen molar-refractivity contribution in [1.82, 2.24) is 20.4 Å². The molecule has 1 aromatic carbocycles. The number of hydrogen-bond donors (Lipinski definition) is 3. The van der Waals surface area contributed by atoms with E-state index in [2.05, 4.69) is 32.7 Å². The minimum atomic E-state index is -0.580. The molecular weight excluding hydrogens is 525 g/mol. The lowest BCUT2D eigenvalue weighted by atomic mass is 10.2. The number of carbonyl (C=O) groups is 1. The van der Waals surface area contributed by atoms with Crippen LogP contribution in [0, 0.1) is 0 Å². The number of amides is 1. The van der Waals surface area contributed by atoms with Crippen molar-refractivity contribution in [2.75, 3.05) is 47.3 Å². The highest BCUT2D eigenvalue weighted by atomic mass is 127. The lowest BCUT2D eigenvalue weighted by Gasteiger charge is -2.26. The van der Waals surface area contributed by atoms with Crippen LogP contribution in [0.4, 0.5) is 0 Å². The van der Waals surface area contributed by atoms with Crippen molar-refractivity contribution >= 4 is 57.3 Å². The Bertz CT molecular complexity index is 839. The molecule has 0 spiro atoms. The molecule has 3 N–H and O–H groups in total. The highest BCUT2D eigenvalue weighted by Gasteiger charge is 2.30. The van der Waals surface area contributed by atoms with E-state index in [1.165, 1.54) is 4.70 Å². The number of likely N-dealkylation sites (N-methyl/N-ethyl adjacent to an activating group) is 1. The molecule has 1 amide bonds. The van der Waals surface area contributed by atoms with Crippen LogP contribution in [-0.4, -0.2) is 80.1 Å². The summed E-state index contributed by atoms with van der Waals surface area (Å²) in [5.74, 6) is 0.880. The number of nitrogens with zero attached hydrogens (tertiary/aromatic N) is 3. The lowest BCUT2D eigenvalue weighted by molar-refractivity contribution is -0.133. The summed E-state index contributed by atoms with van der Waals surface area (Å²) >= 11 is 1.62. The van der Waals surface area contributed by atoms with Crippen molar-refractivity contribution in [3.63, 3.8) is 0 Å². The Hall–Kier alpha value is -1.43. The Morgan fingerprint density at radius 2 is 2.13 bits per heavy atom. The standard InChI is InChI=1S/C22H33N5O2S.HI/c1-23-22(24-11-7-13-27-12-6-9-17(27)21(29)26(2)3)25-15-18(28)20-14-16-8-4-5-10-19(16)30-20;/h4-5,8,10,14,17-18,28H,6-7,9,11-13,15H2,1-3H3,(H2,23,24,25);1H. The van der Waals surface area contributed by atoms with Crippen molar-refractivity contribution in [3.8, 4) is 0 Å². The van der Waals surface area contributed by atoms with Gasteiger partial charge in [0.1, 0.15) is 6.10 Å². The van der Waals surface area contributed by atoms with Gasteiger partial charge in [0, 0.05) is 50.4 Å². The third-order valence-electron chi connectivity index (χ3n) is 5.46. The van der Waals surface area contributed by atoms with Crippen LogP contribution < -0.4 is 10.6 Å². The molecule has 1 aromatic heterocycles. The Morgan fingerprint density at radius 3 is 2.84 bits per heavy atom. The molecule has 2 aromatic rings. The number of rotatable bonds is 8. The number of halogens is 1. The summed E-state index contributed by atoms with van der Waals surface area (Å²) in [6, 6.07) is 10.2. The number of nitrogens with one attached hydrogen (secondary N) is 2. The second-order valence-electron chi connectivity index (χ2n) is 7.86. The van der Waals surface area contributed by atoms with Crippen molar-refractivity contribution in [3.05, 3.63) is 35.2 Å². The minimum absolute atomic E-state index is 0. The number of likely N-dealkylation sites (tertiary alicyclic amines) is 1. The van der Waals surface area contributed by atoms with Gasteiger partial charge in [-0.2, -0.15) is 0 Å². The van der Waals surface area contributed by atoms with E-state index < -0.39 is 6.10 Å². The molecule has 9 heteroatoms. The van der Waals surface area contributed by atoms with Gasteiger partial charge in [0.05, 0.1) is 6.04 Å². The predicted molar refractivity (Wildman–Crippen MR) is 139 cm³/mol. The van der Waals surface area contributed by atoms with Gasteiger partial charge in [-0.25, -0.2) is 0 Å². The number of hydrogen-bond acceptors (Lipinski definition) is 5. The molecule has 31 heavy (non-hydrogen) atoms. The molecule has 2 heterocycles. The predicted octanol–water partition coefficient (Wildman–Crippen LogP) is 2.66. The van der Waals surface area contributed by atoms with Crippen molar-refractivity contribution in [1.29, 1.82) is 0 Å². The molecule has 172 valence electrons. The summed E-state index contributed by atoms with van der Waals surface area (Å²) in [6.07, 6.45) is 2.37. The fourth-order valence-electron chi connectivity index (χ4n) is 3.84. The number of thiophene rings is 1. The molecule has 0 bridgehead atoms. The van der Waals surface area contributed by atoms with Crippen LogP contribution in [0.2, 0.25) is 0 Å². The van der Waals surface area contributed by atoms with E-state index in [4.69, 9.17) is 0 Å². The molecule has 1 aliphatic rings. The maximum absolute atomic E-state index is 12.3. The summed E-state index contributed by atoms with van der Waals surface area (Å²) < 4.78 is 1.18. The number of aliphatic hydroxyl groups is 1. The van der Waals surface area contributed by atoms with Gasteiger partial charge in [0.2, 0.25) is 5.91 Å². The Labute approximate surface area is 205 Å². The molecule has 1 aliphatic heterocycles. The van der Waals surface area contributed by atoms with Crippen LogP contribution in [0.3, 0.4) is 0 Å². The van der Waals surface area contributed by atoms with Gasteiger partial charge >= 0.3 is 0 Å². The molecule has 2 atom stereocenters. The Balaban J connectivity index is 0.00000341. The van der Waals surface area contributed by atoms with Gasteiger partial charge in [-0.1, -0.05) is 18.2 Å². The van der Waals surface area contributed by atoms with Crippen LogP contribution in [0.15, 0.2) is 35.3 Å². The molecule has 2 unspecified atom stereocenters. The first kappa shape index (κ1) is 25.8. The Morgan fingerprint density at radius 1 is 1.35 bits per heavy atom. The number of carbonyl (C=O) groups excluding carboxylic acids is 1. The normalized spacial score (nSPS) is 17.9. The largest absolute Gasteiger partial charge is 0.386 e. The SMILES string of the molecule is CN=C(NCCCN1CCCC1C(=O)N(C)C)NCC(O)c1cc2ccccc2s1.I. The fraction of sp³-hybridized carbons (Fsp3) is 0.545. The van der Waals surface area contributed by atoms with Crippen LogP contribution in [0.25, 0.3) is 10.1 Å². The van der Waals surface area contributed by atoms with Crippen LogP contribution in [-0.2, 0) is 4.79 Å². The molecule has 3 rings (SSSR count). The highest BCUT2D eigenvalue weighted by molar-refractivity contribution is 14.0. The molecule has 7 nitrogen and oxygen atoms in total. The number of aliphatic hydroxyl groups excluding tert-OH is 1. The number of fused-ring (bicyclic) bond motifs is 1. The smallest absolute Gasteiger partial charge is 0.239 e. The molecular formula is C22H34IN5O2S. The molecule has 1 saturated heterocycles. The fourth-order valence-corrected chi connectivity index (χ4v) is 4.89. The first-order valence-corrected chi connectivity index (χ1v) is 11.4. The van der Waals surface area contributed by atoms with E-state index in [0.717, 1.165) is 49.2 Å². The topological polar surface area (TPSA) is 80.2 Å². The van der Waals surface area contributed by atoms with E-state index in [9.17, 15) is 9.90 Å². The second kappa shape index (κ2) is 12.6. The zero-order valence-electron chi connectivity index (χ0n) is 18.5. The van der Waals surface area contributed by atoms with Crippen LogP contribution in [0.1, 0.15) is 30.2 Å². The quantitative estimate of drug-likeness (QED) is 0.201. The maximum atomic E-state index is 12.3. The number of aliphatic imine (C=N–C) groups is 1. The van der Waals surface area contributed by atoms with Crippen molar-refractivity contribution < 1.29 is 9.90 Å². The monoisotopic (exact) mass is 559 g/mol. The van der Waals surface area contributed by atoms with E-state index in [1.54, 1.807) is 23.3 Å². The third-order valence-corrected chi connectivity index (χ3v) is 6.68. The van der Waals surface area contributed by atoms with E-state index in [0.29, 0.717) is 12.5 Å². The zero-order valence-corrected chi connectivity index (χ0v) is 21.7. The van der Waals surface area contributed by atoms with Gasteiger partial charge in [0.25, 0.3) is 0 Å². The summed E-state index contributed by atoms with van der Waals surface area (Å²) in [5, 5.41) is 18.2. The number of benzene rings is 1. The third kappa shape index (κ3) is 7.03. The first-order chi connectivity index (χ1) is 14.5. The lowest BCUT2D eigenvalue weighted by Crippen LogP contribution is -2.44. The molecule has 1 fully saturated rings. The average Bonchev–Trinajstić information content (AvgIpc) is 3.39. The van der Waals surface area contributed by atoms with E-state index in [-0.39, 0.29) is 35.9 Å². The number of guanidine groups is 1. The second-order valence-corrected chi connectivity index (χ2v) is 8.98. The summed E-state index contributed by atoms with van der Waals surface area (Å²) in [5.41, 5.74) is 0. The highest BCUT2D eigenvalue weighted by Crippen LogP contribution is 2.29. The minimum Gasteiger partial charge on any atom is -0.386 e. The molecule has 0 aliphatic carbocycles. The van der Waals surface area contributed by atoms with E-state index >= 15 is 0 Å². The van der Waals surface area contributed by atoms with Crippen molar-refractivity contribution in [2.45, 2.75) is 31.4 Å². The summed E-state index contributed by atoms with van der Waals surface area (Å²) in [6.45, 7) is 3.04. The zero-order chi connectivity index (χ0) is 21.5. The Kier molecular flexibility index (Phi) is 10.5. The maximum Gasteiger partial charge on any atom is 0.239 e. The summed E-state index contributed by atoms with van der Waals surface area (Å²) in [4.78, 5) is 21.4. The molecule has 0 saturated carbocycles. The summed E-state index contributed by atoms with van der Waals surface area (Å²) in [7, 11) is 5.37. The average molecular weight is 560 g/mol.